The van der Waals surface area contributed by atoms with Crippen LogP contribution in [-0.2, 0) is 4.79 Å². The molecule has 2 N–H and O–H groups in total. The van der Waals surface area contributed by atoms with Crippen molar-refractivity contribution in [3.63, 3.8) is 0 Å². The van der Waals surface area contributed by atoms with Gasteiger partial charge in [0.15, 0.2) is 0 Å². The molecular weight excluding hydrogens is 378 g/mol. The Morgan fingerprint density at radius 2 is 1.76 bits per heavy atom. The van der Waals surface area contributed by atoms with E-state index in [2.05, 4.69) is 31.8 Å². The van der Waals surface area contributed by atoms with E-state index in [1.807, 2.05) is 73.7 Å². The third-order valence-electron chi connectivity index (χ3n) is 3.81. The Morgan fingerprint density at radius 3 is 2.56 bits per heavy atom. The first-order valence-corrected chi connectivity index (χ1v) is 8.75. The zero-order chi connectivity index (χ0) is 17.6. The van der Waals surface area contributed by atoms with Gasteiger partial charge in [-0.2, -0.15) is 5.10 Å². The summed E-state index contributed by atoms with van der Waals surface area (Å²) in [5.74, 6) is -0.193. The lowest BCUT2D eigenvalue weighted by Gasteiger charge is -2.15. The van der Waals surface area contributed by atoms with Crippen molar-refractivity contribution in [1.29, 1.82) is 0 Å². The molecule has 0 bridgehead atoms. The number of carbonyl (C=O) groups excluding carboxylic acids is 1. The molecule has 0 saturated carbocycles. The Balaban J connectivity index is 1.63. The summed E-state index contributed by atoms with van der Waals surface area (Å²) in [7, 11) is 0. The second-order valence-corrected chi connectivity index (χ2v) is 6.59. The van der Waals surface area contributed by atoms with Crippen LogP contribution in [0.1, 0.15) is 12.5 Å². The molecule has 25 heavy (non-hydrogen) atoms. The average Bonchev–Trinajstić information content (AvgIpc) is 2.63. The summed E-state index contributed by atoms with van der Waals surface area (Å²) >= 11 is 3.38. The van der Waals surface area contributed by atoms with Gasteiger partial charge in [-0.05, 0) is 36.1 Å². The van der Waals surface area contributed by atoms with E-state index in [0.29, 0.717) is 0 Å². The fraction of sp³-hybridized carbons (Fsp3) is 0.100. The summed E-state index contributed by atoms with van der Waals surface area (Å²) in [4.78, 5) is 12.2. The highest BCUT2D eigenvalue weighted by molar-refractivity contribution is 9.10. The molecule has 3 rings (SSSR count). The first kappa shape index (κ1) is 17.2. The highest BCUT2D eigenvalue weighted by Gasteiger charge is 2.12. The van der Waals surface area contributed by atoms with Crippen molar-refractivity contribution in [3.05, 3.63) is 76.8 Å². The number of nitrogens with one attached hydrogen (secondary N) is 2. The van der Waals surface area contributed by atoms with Crippen molar-refractivity contribution < 1.29 is 4.79 Å². The minimum absolute atomic E-state index is 0.193. The largest absolute Gasteiger partial charge is 0.373 e. The van der Waals surface area contributed by atoms with Gasteiger partial charge in [-0.15, -0.1) is 0 Å². The number of hydrogen-bond donors (Lipinski definition) is 2. The van der Waals surface area contributed by atoms with Crippen LogP contribution in [0.3, 0.4) is 0 Å². The van der Waals surface area contributed by atoms with E-state index in [0.717, 1.165) is 26.5 Å². The first-order valence-electron chi connectivity index (χ1n) is 7.96. The maximum Gasteiger partial charge on any atom is 0.262 e. The number of amides is 1. The molecule has 0 unspecified atom stereocenters. The molecule has 0 saturated heterocycles. The number of hydrazone groups is 1. The van der Waals surface area contributed by atoms with Gasteiger partial charge in [-0.3, -0.25) is 4.79 Å². The molecule has 1 atom stereocenters. The van der Waals surface area contributed by atoms with E-state index in [1.54, 1.807) is 6.21 Å². The maximum atomic E-state index is 12.2. The number of nitrogens with zero attached hydrogens (tertiary/aromatic N) is 1. The molecule has 0 spiro atoms. The highest BCUT2D eigenvalue weighted by atomic mass is 79.9. The smallest absolute Gasteiger partial charge is 0.262 e. The zero-order valence-corrected chi connectivity index (χ0v) is 15.3. The predicted octanol–water partition coefficient (Wildman–Crippen LogP) is 4.55. The molecule has 1 amide bonds. The molecule has 3 aromatic carbocycles. The highest BCUT2D eigenvalue weighted by Crippen LogP contribution is 2.23. The third-order valence-corrected chi connectivity index (χ3v) is 4.34. The summed E-state index contributed by atoms with van der Waals surface area (Å²) in [5.41, 5.74) is 4.41. The monoisotopic (exact) mass is 395 g/mol. The summed E-state index contributed by atoms with van der Waals surface area (Å²) in [6, 6.07) is 21.3. The van der Waals surface area contributed by atoms with Gasteiger partial charge in [0.05, 0.1) is 6.21 Å². The molecule has 3 aromatic rings. The van der Waals surface area contributed by atoms with Crippen LogP contribution in [-0.4, -0.2) is 18.2 Å². The van der Waals surface area contributed by atoms with Crippen LogP contribution >= 0.6 is 15.9 Å². The Hall–Kier alpha value is -2.66. The topological polar surface area (TPSA) is 53.5 Å². The Kier molecular flexibility index (Phi) is 5.46. The number of benzene rings is 3. The van der Waals surface area contributed by atoms with Gasteiger partial charge in [-0.1, -0.05) is 64.5 Å². The fourth-order valence-corrected chi connectivity index (χ4v) is 2.73. The minimum atomic E-state index is -0.409. The number of rotatable bonds is 5. The van der Waals surface area contributed by atoms with E-state index in [9.17, 15) is 4.79 Å². The number of fused-ring (bicyclic) bond motifs is 1. The zero-order valence-electron chi connectivity index (χ0n) is 13.7. The molecule has 0 aromatic heterocycles. The second kappa shape index (κ2) is 7.94. The molecule has 5 heteroatoms. The molecule has 126 valence electrons. The lowest BCUT2D eigenvalue weighted by Crippen LogP contribution is -2.34. The van der Waals surface area contributed by atoms with Gasteiger partial charge in [0.1, 0.15) is 6.04 Å². The molecule has 0 aliphatic heterocycles. The molecule has 0 radical (unpaired) electrons. The normalized spacial score (nSPS) is 12.2. The van der Waals surface area contributed by atoms with Crippen molar-refractivity contribution in [2.75, 3.05) is 5.32 Å². The molecule has 0 aliphatic rings. The van der Waals surface area contributed by atoms with Crippen molar-refractivity contribution >= 4 is 44.5 Å². The molecular formula is C20H18BrN3O. The Morgan fingerprint density at radius 1 is 1.04 bits per heavy atom. The quantitative estimate of drug-likeness (QED) is 0.491. The molecule has 4 nitrogen and oxygen atoms in total. The van der Waals surface area contributed by atoms with Crippen LogP contribution in [0.25, 0.3) is 10.8 Å². The molecule has 0 heterocycles. The van der Waals surface area contributed by atoms with Crippen LogP contribution in [0.4, 0.5) is 5.69 Å². The summed E-state index contributed by atoms with van der Waals surface area (Å²) in [6.07, 6.45) is 1.62. The van der Waals surface area contributed by atoms with Crippen LogP contribution in [0.5, 0.6) is 0 Å². The lowest BCUT2D eigenvalue weighted by atomic mass is 10.1. The Bertz CT molecular complexity index is 901. The average molecular weight is 396 g/mol. The van der Waals surface area contributed by atoms with E-state index in [1.165, 1.54) is 0 Å². The van der Waals surface area contributed by atoms with Crippen LogP contribution < -0.4 is 10.7 Å². The number of carbonyl (C=O) groups is 1. The maximum absolute atomic E-state index is 12.2. The fourth-order valence-electron chi connectivity index (χ4n) is 2.47. The van der Waals surface area contributed by atoms with Gasteiger partial charge < -0.3 is 5.32 Å². The van der Waals surface area contributed by atoms with Gasteiger partial charge in [0.2, 0.25) is 0 Å². The molecule has 0 fully saturated rings. The molecule has 0 aliphatic carbocycles. The SMILES string of the molecule is C[C@H](Nc1cccc2ccccc12)C(=O)N/N=C\c1ccc(Br)cc1. The van der Waals surface area contributed by atoms with Crippen molar-refractivity contribution in [3.8, 4) is 0 Å². The van der Waals surface area contributed by atoms with Crippen LogP contribution in [0.2, 0.25) is 0 Å². The van der Waals surface area contributed by atoms with Crippen molar-refractivity contribution in [2.24, 2.45) is 5.10 Å². The summed E-state index contributed by atoms with van der Waals surface area (Å²) in [5, 5.41) is 9.48. The van der Waals surface area contributed by atoms with Crippen LogP contribution in [0, 0.1) is 0 Å². The van der Waals surface area contributed by atoms with E-state index >= 15 is 0 Å². The number of halogens is 1. The summed E-state index contributed by atoms with van der Waals surface area (Å²) < 4.78 is 1.00. The Labute approximate surface area is 155 Å². The summed E-state index contributed by atoms with van der Waals surface area (Å²) in [6.45, 7) is 1.81. The van der Waals surface area contributed by atoms with Crippen molar-refractivity contribution in [1.82, 2.24) is 5.43 Å². The van der Waals surface area contributed by atoms with Crippen LogP contribution in [0.15, 0.2) is 76.3 Å². The standard InChI is InChI=1S/C20H18BrN3O/c1-14(20(25)24-22-13-15-9-11-17(21)12-10-15)23-19-8-4-6-16-5-2-3-7-18(16)19/h2-14,23H,1H3,(H,24,25)/b22-13-/t14-/m0/s1. The predicted molar refractivity (Wildman–Crippen MR) is 107 cm³/mol. The van der Waals surface area contributed by atoms with Crippen molar-refractivity contribution in [2.45, 2.75) is 13.0 Å². The first-order chi connectivity index (χ1) is 12.1. The van der Waals surface area contributed by atoms with E-state index in [-0.39, 0.29) is 5.91 Å². The van der Waals surface area contributed by atoms with E-state index in [4.69, 9.17) is 0 Å². The lowest BCUT2D eigenvalue weighted by molar-refractivity contribution is -0.121. The minimum Gasteiger partial charge on any atom is -0.373 e. The number of hydrogen-bond acceptors (Lipinski definition) is 3. The van der Waals surface area contributed by atoms with Gasteiger partial charge in [0, 0.05) is 15.5 Å². The van der Waals surface area contributed by atoms with Gasteiger partial charge in [0.25, 0.3) is 5.91 Å². The van der Waals surface area contributed by atoms with E-state index < -0.39 is 6.04 Å². The third kappa shape index (κ3) is 4.45. The van der Waals surface area contributed by atoms with Gasteiger partial charge in [-0.25, -0.2) is 5.43 Å². The second-order valence-electron chi connectivity index (χ2n) is 5.68. The van der Waals surface area contributed by atoms with Gasteiger partial charge >= 0.3 is 0 Å². The number of anilines is 1.